The maximum Gasteiger partial charge on any atom is 0.269 e. The van der Waals surface area contributed by atoms with Crippen molar-refractivity contribution in [3.8, 4) is 17.5 Å². The maximum atomic E-state index is 11.5. The quantitative estimate of drug-likeness (QED) is 0.719. The van der Waals surface area contributed by atoms with Crippen LogP contribution in [0.25, 0.3) is 21.6 Å². The van der Waals surface area contributed by atoms with E-state index in [0.717, 1.165) is 15.8 Å². The lowest BCUT2D eigenvalue weighted by Gasteiger charge is -2.00. The second-order valence-electron chi connectivity index (χ2n) is 3.61. The second kappa shape index (κ2) is 4.05. The van der Waals surface area contributed by atoms with Crippen LogP contribution >= 0.6 is 11.3 Å². The van der Waals surface area contributed by atoms with E-state index in [0.29, 0.717) is 5.82 Å². The first-order chi connectivity index (χ1) is 8.78. The molecule has 0 radical (unpaired) electrons. The molecule has 18 heavy (non-hydrogen) atoms. The molecule has 0 saturated heterocycles. The average Bonchev–Trinajstić information content (AvgIpc) is 2.85. The van der Waals surface area contributed by atoms with E-state index in [4.69, 9.17) is 5.26 Å². The van der Waals surface area contributed by atoms with Crippen LogP contribution in [0.1, 0.15) is 5.56 Å². The Bertz CT molecular complexity index is 828. The molecule has 0 atom stereocenters. The van der Waals surface area contributed by atoms with E-state index < -0.39 is 5.56 Å². The molecule has 3 aromatic rings. The minimum absolute atomic E-state index is 0.00362. The highest BCUT2D eigenvalue weighted by atomic mass is 32.1. The molecule has 0 bridgehead atoms. The predicted molar refractivity (Wildman–Crippen MR) is 68.2 cm³/mol. The number of hydrogen-bond acceptors (Lipinski definition) is 5. The van der Waals surface area contributed by atoms with Gasteiger partial charge in [-0.05, 0) is 17.5 Å². The molecule has 0 aliphatic rings. The molecule has 0 spiro atoms. The summed E-state index contributed by atoms with van der Waals surface area (Å²) in [5.74, 6) is 0.418. The molecule has 3 heterocycles. The number of fused-ring (bicyclic) bond motifs is 1. The molecule has 86 valence electrons. The highest BCUT2D eigenvalue weighted by Crippen LogP contribution is 2.23. The summed E-state index contributed by atoms with van der Waals surface area (Å²) < 4.78 is 1.03. The molecular formula is C12H6N4OS. The summed E-state index contributed by atoms with van der Waals surface area (Å²) in [4.78, 5) is 22.4. The first kappa shape index (κ1) is 10.6. The molecular weight excluding hydrogens is 248 g/mol. The van der Waals surface area contributed by atoms with Crippen molar-refractivity contribution in [3.05, 3.63) is 45.8 Å². The molecule has 0 amide bonds. The fourth-order valence-electron chi connectivity index (χ4n) is 1.60. The molecule has 0 aromatic carbocycles. The second-order valence-corrected chi connectivity index (χ2v) is 4.56. The molecule has 0 aliphatic heterocycles. The smallest absolute Gasteiger partial charge is 0.269 e. The first-order valence-electron chi connectivity index (χ1n) is 5.11. The molecule has 1 N–H and O–H groups in total. The molecule has 0 saturated carbocycles. The van der Waals surface area contributed by atoms with Crippen molar-refractivity contribution in [2.45, 2.75) is 0 Å². The average molecular weight is 254 g/mol. The third-order valence-corrected chi connectivity index (χ3v) is 3.35. The summed E-state index contributed by atoms with van der Waals surface area (Å²) in [6.45, 7) is 0. The minimum atomic E-state index is -0.436. The predicted octanol–water partition coefficient (Wildman–Crippen LogP) is 1.92. The maximum absolute atomic E-state index is 11.5. The number of rotatable bonds is 1. The van der Waals surface area contributed by atoms with Crippen molar-refractivity contribution < 1.29 is 0 Å². The van der Waals surface area contributed by atoms with E-state index in [2.05, 4.69) is 15.0 Å². The number of nitrogens with one attached hydrogen (secondary N) is 1. The van der Waals surface area contributed by atoms with Crippen LogP contribution < -0.4 is 5.56 Å². The number of pyridine rings is 1. The van der Waals surface area contributed by atoms with Crippen LogP contribution in [0.2, 0.25) is 0 Å². The zero-order chi connectivity index (χ0) is 12.5. The van der Waals surface area contributed by atoms with Crippen LogP contribution in [0.15, 0.2) is 34.7 Å². The van der Waals surface area contributed by atoms with Crippen molar-refractivity contribution in [1.82, 2.24) is 15.0 Å². The monoisotopic (exact) mass is 254 g/mol. The Hall–Kier alpha value is -2.52. The summed E-state index contributed by atoms with van der Waals surface area (Å²) in [5.41, 5.74) is 1.21. The summed E-state index contributed by atoms with van der Waals surface area (Å²) >= 11 is 1.57. The Morgan fingerprint density at radius 3 is 3.00 bits per heavy atom. The summed E-state index contributed by atoms with van der Waals surface area (Å²) in [5, 5.41) is 10.6. The Morgan fingerprint density at radius 2 is 2.22 bits per heavy atom. The van der Waals surface area contributed by atoms with Gasteiger partial charge in [-0.25, -0.2) is 4.98 Å². The summed E-state index contributed by atoms with van der Waals surface area (Å²) in [7, 11) is 0. The van der Waals surface area contributed by atoms with Gasteiger partial charge in [-0.3, -0.25) is 9.78 Å². The van der Waals surface area contributed by atoms with Gasteiger partial charge in [0.1, 0.15) is 17.5 Å². The number of aromatic amines is 1. The van der Waals surface area contributed by atoms with Crippen molar-refractivity contribution in [2.75, 3.05) is 0 Å². The molecule has 0 unspecified atom stereocenters. The van der Waals surface area contributed by atoms with Crippen LogP contribution in [-0.4, -0.2) is 15.0 Å². The van der Waals surface area contributed by atoms with Crippen LogP contribution in [0.4, 0.5) is 0 Å². The van der Waals surface area contributed by atoms with Gasteiger partial charge in [0, 0.05) is 11.8 Å². The Kier molecular flexibility index (Phi) is 2.39. The SMILES string of the molecule is N#Cc1cnc(-c2cnc3ccsc3c2)[nH]c1=O. The fourth-order valence-corrected chi connectivity index (χ4v) is 2.38. The first-order valence-corrected chi connectivity index (χ1v) is 5.99. The van der Waals surface area contributed by atoms with Gasteiger partial charge < -0.3 is 4.98 Å². The van der Waals surface area contributed by atoms with Crippen molar-refractivity contribution in [2.24, 2.45) is 0 Å². The summed E-state index contributed by atoms with van der Waals surface area (Å²) in [6.07, 6.45) is 2.92. The Labute approximate surface area is 105 Å². The number of hydrogen-bond donors (Lipinski definition) is 1. The number of H-pyrrole nitrogens is 1. The number of nitrogens with zero attached hydrogens (tertiary/aromatic N) is 3. The molecule has 6 heteroatoms. The van der Waals surface area contributed by atoms with Crippen LogP contribution in [0.5, 0.6) is 0 Å². The van der Waals surface area contributed by atoms with Gasteiger partial charge >= 0.3 is 0 Å². The molecule has 3 aromatic heterocycles. The zero-order valence-corrected chi connectivity index (χ0v) is 9.86. The van der Waals surface area contributed by atoms with E-state index in [9.17, 15) is 4.79 Å². The lowest BCUT2D eigenvalue weighted by molar-refractivity contribution is 1.11. The van der Waals surface area contributed by atoms with E-state index in [1.54, 1.807) is 23.6 Å². The van der Waals surface area contributed by atoms with E-state index >= 15 is 0 Å². The molecule has 5 nitrogen and oxygen atoms in total. The van der Waals surface area contributed by atoms with Crippen LogP contribution in [0.3, 0.4) is 0 Å². The standard InChI is InChI=1S/C12H6N4OS/c13-4-8-6-15-11(16-12(8)17)7-3-10-9(14-5-7)1-2-18-10/h1-3,5-6H,(H,15,16,17). The van der Waals surface area contributed by atoms with Gasteiger partial charge in [0.25, 0.3) is 5.56 Å². The van der Waals surface area contributed by atoms with Gasteiger partial charge in [0.15, 0.2) is 0 Å². The fraction of sp³-hybridized carbons (Fsp3) is 0. The van der Waals surface area contributed by atoms with Gasteiger partial charge in [-0.15, -0.1) is 11.3 Å². The van der Waals surface area contributed by atoms with Crippen LogP contribution in [-0.2, 0) is 0 Å². The van der Waals surface area contributed by atoms with Crippen molar-refractivity contribution in [1.29, 1.82) is 5.26 Å². The number of thiophene rings is 1. The van der Waals surface area contributed by atoms with Crippen molar-refractivity contribution in [3.63, 3.8) is 0 Å². The lowest BCUT2D eigenvalue weighted by Crippen LogP contribution is -2.12. The van der Waals surface area contributed by atoms with Gasteiger partial charge in [0.05, 0.1) is 16.4 Å². The third kappa shape index (κ3) is 1.67. The third-order valence-electron chi connectivity index (χ3n) is 2.50. The minimum Gasteiger partial charge on any atom is -0.305 e. The number of aromatic nitrogens is 3. The van der Waals surface area contributed by atoms with Crippen molar-refractivity contribution >= 4 is 21.6 Å². The highest BCUT2D eigenvalue weighted by molar-refractivity contribution is 7.17. The number of nitriles is 1. The topological polar surface area (TPSA) is 82.4 Å². The summed E-state index contributed by atoms with van der Waals surface area (Å²) in [6, 6.07) is 5.62. The van der Waals surface area contributed by atoms with Gasteiger partial charge in [-0.2, -0.15) is 5.26 Å². The Morgan fingerprint density at radius 1 is 1.33 bits per heavy atom. The molecule has 0 aliphatic carbocycles. The Balaban J connectivity index is 2.17. The van der Waals surface area contributed by atoms with E-state index in [1.807, 2.05) is 17.5 Å². The van der Waals surface area contributed by atoms with Gasteiger partial charge in [0.2, 0.25) is 0 Å². The normalized spacial score (nSPS) is 10.4. The van der Waals surface area contributed by atoms with E-state index in [-0.39, 0.29) is 5.56 Å². The molecule has 0 fully saturated rings. The van der Waals surface area contributed by atoms with Gasteiger partial charge in [-0.1, -0.05) is 0 Å². The highest BCUT2D eigenvalue weighted by Gasteiger charge is 2.06. The molecule has 3 rings (SSSR count). The largest absolute Gasteiger partial charge is 0.305 e. The zero-order valence-electron chi connectivity index (χ0n) is 9.04. The van der Waals surface area contributed by atoms with Crippen LogP contribution in [0, 0.1) is 11.3 Å². The lowest BCUT2D eigenvalue weighted by atomic mass is 10.2. The van der Waals surface area contributed by atoms with E-state index in [1.165, 1.54) is 6.20 Å².